The molecule has 2 rings (SSSR count). The van der Waals surface area contributed by atoms with E-state index in [1.165, 1.54) is 16.7 Å². The highest BCUT2D eigenvalue weighted by Gasteiger charge is 2.18. The van der Waals surface area contributed by atoms with Gasteiger partial charge in [0.05, 0.1) is 0 Å². The molecular formula is C15H21NO. The number of nitrogens with zero attached hydrogens (tertiary/aromatic N) is 1. The lowest BCUT2D eigenvalue weighted by molar-refractivity contribution is -0.129. The Morgan fingerprint density at radius 3 is 2.76 bits per heavy atom. The predicted molar refractivity (Wildman–Crippen MR) is 69.8 cm³/mol. The molecular weight excluding hydrogens is 210 g/mol. The van der Waals surface area contributed by atoms with Gasteiger partial charge in [0.1, 0.15) is 0 Å². The van der Waals surface area contributed by atoms with Crippen LogP contribution in [-0.2, 0) is 24.2 Å². The van der Waals surface area contributed by atoms with E-state index >= 15 is 0 Å². The molecule has 2 nitrogen and oxygen atoms in total. The van der Waals surface area contributed by atoms with Crippen molar-refractivity contribution in [1.82, 2.24) is 4.90 Å². The highest BCUT2D eigenvalue weighted by molar-refractivity contribution is 5.73. The Morgan fingerprint density at radius 1 is 1.35 bits per heavy atom. The van der Waals surface area contributed by atoms with Gasteiger partial charge in [-0.3, -0.25) is 4.79 Å². The lowest BCUT2D eigenvalue weighted by atomic mass is 9.94. The molecule has 1 aliphatic rings. The Balaban J connectivity index is 2.19. The number of hydrogen-bond acceptors (Lipinski definition) is 1. The third kappa shape index (κ3) is 2.87. The van der Waals surface area contributed by atoms with Crippen LogP contribution in [0, 0.1) is 5.92 Å². The number of carbonyl (C=O) groups excluding carboxylic acids is 1. The summed E-state index contributed by atoms with van der Waals surface area (Å²) in [7, 11) is 0. The van der Waals surface area contributed by atoms with E-state index < -0.39 is 0 Å². The highest BCUT2D eigenvalue weighted by atomic mass is 16.2. The SMILES string of the molecule is CC(=O)N1CCc2ccc(CC(C)C)cc2C1. The van der Waals surface area contributed by atoms with Gasteiger partial charge in [0, 0.05) is 20.0 Å². The van der Waals surface area contributed by atoms with Crippen LogP contribution in [0.4, 0.5) is 0 Å². The lowest BCUT2D eigenvalue weighted by Crippen LogP contribution is -2.34. The van der Waals surface area contributed by atoms with Crippen molar-refractivity contribution in [2.75, 3.05) is 6.54 Å². The van der Waals surface area contributed by atoms with E-state index in [0.717, 1.165) is 25.9 Å². The zero-order valence-corrected chi connectivity index (χ0v) is 11.0. The van der Waals surface area contributed by atoms with Crippen molar-refractivity contribution < 1.29 is 4.79 Å². The molecule has 1 aliphatic heterocycles. The number of carbonyl (C=O) groups is 1. The fourth-order valence-corrected chi connectivity index (χ4v) is 2.48. The zero-order valence-electron chi connectivity index (χ0n) is 11.0. The topological polar surface area (TPSA) is 20.3 Å². The number of rotatable bonds is 2. The van der Waals surface area contributed by atoms with Crippen molar-refractivity contribution in [3.8, 4) is 0 Å². The van der Waals surface area contributed by atoms with Gasteiger partial charge in [0.2, 0.25) is 5.91 Å². The largest absolute Gasteiger partial charge is 0.338 e. The molecule has 2 heteroatoms. The summed E-state index contributed by atoms with van der Waals surface area (Å²) in [4.78, 5) is 13.3. The second kappa shape index (κ2) is 4.91. The summed E-state index contributed by atoms with van der Waals surface area (Å²) >= 11 is 0. The average Bonchev–Trinajstić information content (AvgIpc) is 2.27. The molecule has 92 valence electrons. The molecule has 0 saturated heterocycles. The van der Waals surface area contributed by atoms with Crippen LogP contribution >= 0.6 is 0 Å². The summed E-state index contributed by atoms with van der Waals surface area (Å²) in [6.45, 7) is 7.79. The molecule has 0 fully saturated rings. The zero-order chi connectivity index (χ0) is 12.4. The van der Waals surface area contributed by atoms with E-state index in [2.05, 4.69) is 32.0 Å². The lowest BCUT2D eigenvalue weighted by Gasteiger charge is -2.28. The first kappa shape index (κ1) is 12.2. The van der Waals surface area contributed by atoms with Crippen LogP contribution in [0.3, 0.4) is 0 Å². The molecule has 0 radical (unpaired) electrons. The summed E-state index contributed by atoms with van der Waals surface area (Å²) in [6.07, 6.45) is 2.12. The molecule has 1 aromatic carbocycles. The Labute approximate surface area is 104 Å². The van der Waals surface area contributed by atoms with E-state index in [4.69, 9.17) is 0 Å². The van der Waals surface area contributed by atoms with Crippen LogP contribution < -0.4 is 0 Å². The van der Waals surface area contributed by atoms with Gasteiger partial charge in [-0.25, -0.2) is 0 Å². The van der Waals surface area contributed by atoms with E-state index in [9.17, 15) is 4.79 Å². The van der Waals surface area contributed by atoms with Gasteiger partial charge < -0.3 is 4.90 Å². The quantitative estimate of drug-likeness (QED) is 0.766. The number of fused-ring (bicyclic) bond motifs is 1. The average molecular weight is 231 g/mol. The summed E-state index contributed by atoms with van der Waals surface area (Å²) in [5.41, 5.74) is 4.14. The normalized spacial score (nSPS) is 14.9. The molecule has 1 amide bonds. The minimum atomic E-state index is 0.185. The molecule has 0 aromatic heterocycles. The smallest absolute Gasteiger partial charge is 0.219 e. The van der Waals surface area contributed by atoms with Gasteiger partial charge >= 0.3 is 0 Å². The van der Waals surface area contributed by atoms with Crippen molar-refractivity contribution in [2.24, 2.45) is 5.92 Å². The second-order valence-corrected chi connectivity index (χ2v) is 5.39. The number of benzene rings is 1. The monoisotopic (exact) mass is 231 g/mol. The molecule has 1 heterocycles. The van der Waals surface area contributed by atoms with Crippen LogP contribution in [0.15, 0.2) is 18.2 Å². The second-order valence-electron chi connectivity index (χ2n) is 5.39. The van der Waals surface area contributed by atoms with Crippen LogP contribution in [0.5, 0.6) is 0 Å². The first-order valence-corrected chi connectivity index (χ1v) is 6.42. The maximum absolute atomic E-state index is 11.4. The van der Waals surface area contributed by atoms with Gasteiger partial charge in [-0.1, -0.05) is 32.0 Å². The maximum atomic E-state index is 11.4. The Kier molecular flexibility index (Phi) is 3.51. The molecule has 1 aromatic rings. The van der Waals surface area contributed by atoms with Crippen LogP contribution in [0.1, 0.15) is 37.5 Å². The summed E-state index contributed by atoms with van der Waals surface area (Å²) in [6, 6.07) is 6.76. The molecule has 0 saturated carbocycles. The third-order valence-electron chi connectivity index (χ3n) is 3.37. The summed E-state index contributed by atoms with van der Waals surface area (Å²) in [5.74, 6) is 0.866. The van der Waals surface area contributed by atoms with Gasteiger partial charge in [-0.2, -0.15) is 0 Å². The van der Waals surface area contributed by atoms with E-state index in [0.29, 0.717) is 5.92 Å². The molecule has 0 spiro atoms. The van der Waals surface area contributed by atoms with E-state index in [1.54, 1.807) is 6.92 Å². The molecule has 0 aliphatic carbocycles. The molecule has 0 N–H and O–H groups in total. The maximum Gasteiger partial charge on any atom is 0.219 e. The van der Waals surface area contributed by atoms with Gasteiger partial charge in [0.25, 0.3) is 0 Å². The van der Waals surface area contributed by atoms with Gasteiger partial charge in [-0.05, 0) is 35.4 Å². The molecule has 0 unspecified atom stereocenters. The fourth-order valence-electron chi connectivity index (χ4n) is 2.48. The summed E-state index contributed by atoms with van der Waals surface area (Å²) < 4.78 is 0. The van der Waals surface area contributed by atoms with Crippen LogP contribution in [0.25, 0.3) is 0 Å². The van der Waals surface area contributed by atoms with Crippen molar-refractivity contribution in [2.45, 2.75) is 40.2 Å². The minimum absolute atomic E-state index is 0.185. The fraction of sp³-hybridized carbons (Fsp3) is 0.533. The standard InChI is InChI=1S/C15H21NO/c1-11(2)8-13-4-5-14-6-7-16(12(3)17)10-15(14)9-13/h4-5,9,11H,6-8,10H2,1-3H3. The highest BCUT2D eigenvalue weighted by Crippen LogP contribution is 2.21. The Hall–Kier alpha value is -1.31. The van der Waals surface area contributed by atoms with Crippen LogP contribution in [0.2, 0.25) is 0 Å². The number of hydrogen-bond donors (Lipinski definition) is 0. The van der Waals surface area contributed by atoms with Crippen molar-refractivity contribution in [3.05, 3.63) is 34.9 Å². The first-order chi connectivity index (χ1) is 8.06. The van der Waals surface area contributed by atoms with Crippen LogP contribution in [-0.4, -0.2) is 17.4 Å². The third-order valence-corrected chi connectivity index (χ3v) is 3.37. The van der Waals surface area contributed by atoms with E-state index in [-0.39, 0.29) is 5.91 Å². The summed E-state index contributed by atoms with van der Waals surface area (Å²) in [5, 5.41) is 0. The number of amides is 1. The van der Waals surface area contributed by atoms with Crippen molar-refractivity contribution >= 4 is 5.91 Å². The Morgan fingerprint density at radius 2 is 2.12 bits per heavy atom. The van der Waals surface area contributed by atoms with Gasteiger partial charge in [-0.15, -0.1) is 0 Å². The van der Waals surface area contributed by atoms with E-state index in [1.807, 2.05) is 4.90 Å². The molecule has 17 heavy (non-hydrogen) atoms. The van der Waals surface area contributed by atoms with Gasteiger partial charge in [0.15, 0.2) is 0 Å². The first-order valence-electron chi connectivity index (χ1n) is 6.42. The minimum Gasteiger partial charge on any atom is -0.338 e. The molecule has 0 atom stereocenters. The van der Waals surface area contributed by atoms with Crippen molar-refractivity contribution in [3.63, 3.8) is 0 Å². The Bertz CT molecular complexity index is 423. The van der Waals surface area contributed by atoms with Crippen molar-refractivity contribution in [1.29, 1.82) is 0 Å². The predicted octanol–water partition coefficient (Wildman–Crippen LogP) is 2.79. The molecule has 0 bridgehead atoms.